The Labute approximate surface area is 107 Å². The van der Waals surface area contributed by atoms with Gasteiger partial charge in [-0.3, -0.25) is 4.79 Å². The van der Waals surface area contributed by atoms with Crippen molar-refractivity contribution >= 4 is 11.8 Å². The number of carboxylic acids is 1. The van der Waals surface area contributed by atoms with Crippen LogP contribution in [0.1, 0.15) is 32.2 Å². The third kappa shape index (κ3) is 2.62. The fourth-order valence-electron chi connectivity index (χ4n) is 1.56. The Hall–Kier alpha value is -2.63. The number of nitrogens with zero attached hydrogens (tertiary/aromatic N) is 2. The van der Waals surface area contributed by atoms with Crippen LogP contribution in [0.15, 0.2) is 30.5 Å². The first-order valence-corrected chi connectivity index (χ1v) is 5.36. The minimum atomic E-state index is -1.31. The fourth-order valence-corrected chi connectivity index (χ4v) is 1.56. The fraction of sp³-hybridized carbons (Fsp3) is 0.0769. The van der Waals surface area contributed by atoms with Gasteiger partial charge in [-0.25, -0.2) is 19.2 Å². The number of ketones is 1. The summed E-state index contributed by atoms with van der Waals surface area (Å²) in [5.41, 5.74) is -0.303. The Bertz CT molecular complexity index is 653. The van der Waals surface area contributed by atoms with Crippen molar-refractivity contribution < 1.29 is 19.1 Å². The van der Waals surface area contributed by atoms with Crippen LogP contribution in [0.5, 0.6) is 0 Å². The van der Waals surface area contributed by atoms with Crippen LogP contribution in [-0.2, 0) is 0 Å². The van der Waals surface area contributed by atoms with E-state index < -0.39 is 17.6 Å². The first-order chi connectivity index (χ1) is 8.99. The Morgan fingerprint density at radius 2 is 1.84 bits per heavy atom. The molecular weight excluding hydrogens is 251 g/mol. The van der Waals surface area contributed by atoms with E-state index in [2.05, 4.69) is 9.97 Å². The van der Waals surface area contributed by atoms with Crippen molar-refractivity contribution in [2.24, 2.45) is 0 Å². The Kier molecular flexibility index (Phi) is 3.33. The van der Waals surface area contributed by atoms with Gasteiger partial charge in [0.1, 0.15) is 11.6 Å². The minimum Gasteiger partial charge on any atom is -0.476 e. The van der Waals surface area contributed by atoms with E-state index >= 15 is 0 Å². The number of carbonyl (C=O) groups is 2. The highest BCUT2D eigenvalue weighted by Crippen LogP contribution is 2.13. The van der Waals surface area contributed by atoms with Gasteiger partial charge in [0, 0.05) is 11.8 Å². The van der Waals surface area contributed by atoms with Crippen LogP contribution in [0.25, 0.3) is 0 Å². The maximum absolute atomic E-state index is 12.8. The number of aryl methyl sites for hydroxylation is 1. The molecule has 1 aromatic heterocycles. The minimum absolute atomic E-state index is 0.121. The van der Waals surface area contributed by atoms with E-state index in [-0.39, 0.29) is 22.6 Å². The average Bonchev–Trinajstić information content (AvgIpc) is 2.38. The smallest absolute Gasteiger partial charge is 0.355 e. The van der Waals surface area contributed by atoms with E-state index in [4.69, 9.17) is 5.11 Å². The molecule has 0 saturated heterocycles. The van der Waals surface area contributed by atoms with E-state index in [1.54, 1.807) is 0 Å². The third-order valence-electron chi connectivity index (χ3n) is 2.46. The summed E-state index contributed by atoms with van der Waals surface area (Å²) in [6.07, 6.45) is 1.16. The van der Waals surface area contributed by atoms with Crippen molar-refractivity contribution in [3.63, 3.8) is 0 Å². The molecule has 19 heavy (non-hydrogen) atoms. The quantitative estimate of drug-likeness (QED) is 0.852. The zero-order valence-electron chi connectivity index (χ0n) is 9.92. The van der Waals surface area contributed by atoms with Gasteiger partial charge >= 0.3 is 5.97 Å². The van der Waals surface area contributed by atoms with Crippen LogP contribution in [0.2, 0.25) is 0 Å². The van der Waals surface area contributed by atoms with Gasteiger partial charge in [-0.15, -0.1) is 0 Å². The molecule has 0 spiro atoms. The first kappa shape index (κ1) is 12.8. The zero-order valence-corrected chi connectivity index (χ0v) is 9.92. The Balaban J connectivity index is 2.49. The molecule has 6 heteroatoms. The lowest BCUT2D eigenvalue weighted by atomic mass is 10.0. The van der Waals surface area contributed by atoms with E-state index in [1.165, 1.54) is 19.1 Å². The highest BCUT2D eigenvalue weighted by molar-refractivity contribution is 6.13. The van der Waals surface area contributed by atoms with Crippen LogP contribution in [-0.4, -0.2) is 26.8 Å². The second-order valence-corrected chi connectivity index (χ2v) is 3.82. The topological polar surface area (TPSA) is 80.2 Å². The SMILES string of the molecule is Cc1ncc(C(=O)c2ccc(F)cc2)c(C(=O)O)n1. The molecule has 5 nitrogen and oxygen atoms in total. The molecule has 0 fully saturated rings. The van der Waals surface area contributed by atoms with Gasteiger partial charge in [0.25, 0.3) is 0 Å². The van der Waals surface area contributed by atoms with Crippen LogP contribution in [0.3, 0.4) is 0 Å². The number of rotatable bonds is 3. The number of hydrogen-bond donors (Lipinski definition) is 1. The van der Waals surface area contributed by atoms with Gasteiger partial charge in [-0.05, 0) is 31.2 Å². The number of aromatic nitrogens is 2. The van der Waals surface area contributed by atoms with Gasteiger partial charge < -0.3 is 5.11 Å². The lowest BCUT2D eigenvalue weighted by Crippen LogP contribution is -2.13. The molecule has 0 aliphatic heterocycles. The van der Waals surface area contributed by atoms with Gasteiger partial charge in [0.15, 0.2) is 11.5 Å². The number of hydrogen-bond acceptors (Lipinski definition) is 4. The van der Waals surface area contributed by atoms with Crippen LogP contribution < -0.4 is 0 Å². The summed E-state index contributed by atoms with van der Waals surface area (Å²) < 4.78 is 12.8. The molecule has 2 rings (SSSR count). The van der Waals surface area contributed by atoms with Crippen molar-refractivity contribution in [2.75, 3.05) is 0 Å². The summed E-state index contributed by atoms with van der Waals surface area (Å²) in [5, 5.41) is 9.03. The third-order valence-corrected chi connectivity index (χ3v) is 2.46. The second-order valence-electron chi connectivity index (χ2n) is 3.82. The van der Waals surface area contributed by atoms with Crippen molar-refractivity contribution in [3.8, 4) is 0 Å². The van der Waals surface area contributed by atoms with Gasteiger partial charge in [0.2, 0.25) is 0 Å². The molecule has 0 amide bonds. The highest BCUT2D eigenvalue weighted by atomic mass is 19.1. The van der Waals surface area contributed by atoms with E-state index in [0.717, 1.165) is 18.3 Å². The van der Waals surface area contributed by atoms with Gasteiger partial charge in [0.05, 0.1) is 5.56 Å². The van der Waals surface area contributed by atoms with Gasteiger partial charge in [-0.1, -0.05) is 0 Å². The molecule has 0 aliphatic rings. The lowest BCUT2D eigenvalue weighted by molar-refractivity contribution is 0.0685. The number of halogens is 1. The summed E-state index contributed by atoms with van der Waals surface area (Å²) in [4.78, 5) is 30.7. The highest BCUT2D eigenvalue weighted by Gasteiger charge is 2.20. The van der Waals surface area contributed by atoms with Crippen molar-refractivity contribution in [1.82, 2.24) is 9.97 Å². The number of carboxylic acid groups (broad SMARTS) is 1. The standard InChI is InChI=1S/C13H9FN2O3/c1-7-15-6-10(11(16-7)13(18)19)12(17)8-2-4-9(14)5-3-8/h2-6H,1H3,(H,18,19). The summed E-state index contributed by atoms with van der Waals surface area (Å²) in [5.74, 6) is -2.09. The number of carbonyl (C=O) groups excluding carboxylic acids is 1. The molecule has 96 valence electrons. The zero-order chi connectivity index (χ0) is 14.0. The maximum Gasteiger partial charge on any atom is 0.355 e. The van der Waals surface area contributed by atoms with Crippen LogP contribution >= 0.6 is 0 Å². The predicted molar refractivity (Wildman–Crippen MR) is 63.6 cm³/mol. The normalized spacial score (nSPS) is 10.2. The number of benzene rings is 1. The molecule has 0 saturated carbocycles. The van der Waals surface area contributed by atoms with Crippen molar-refractivity contribution in [3.05, 3.63) is 58.9 Å². The molecule has 0 bridgehead atoms. The largest absolute Gasteiger partial charge is 0.476 e. The molecule has 0 atom stereocenters. The molecule has 1 heterocycles. The Morgan fingerprint density at radius 1 is 1.21 bits per heavy atom. The molecule has 0 unspecified atom stereocenters. The van der Waals surface area contributed by atoms with E-state index in [9.17, 15) is 14.0 Å². The molecule has 1 N–H and O–H groups in total. The first-order valence-electron chi connectivity index (χ1n) is 5.36. The van der Waals surface area contributed by atoms with Crippen molar-refractivity contribution in [2.45, 2.75) is 6.92 Å². The molecular formula is C13H9FN2O3. The van der Waals surface area contributed by atoms with Crippen LogP contribution in [0.4, 0.5) is 4.39 Å². The summed E-state index contributed by atoms with van der Waals surface area (Å²) in [6.45, 7) is 1.53. The van der Waals surface area contributed by atoms with Gasteiger partial charge in [-0.2, -0.15) is 0 Å². The molecule has 0 aliphatic carbocycles. The molecule has 2 aromatic rings. The maximum atomic E-state index is 12.8. The molecule has 1 aromatic carbocycles. The number of aromatic carboxylic acids is 1. The van der Waals surface area contributed by atoms with E-state index in [1.807, 2.05) is 0 Å². The summed E-state index contributed by atoms with van der Waals surface area (Å²) in [6, 6.07) is 4.82. The van der Waals surface area contributed by atoms with E-state index in [0.29, 0.717) is 0 Å². The summed E-state index contributed by atoms with van der Waals surface area (Å²) in [7, 11) is 0. The average molecular weight is 260 g/mol. The van der Waals surface area contributed by atoms with Crippen molar-refractivity contribution in [1.29, 1.82) is 0 Å². The lowest BCUT2D eigenvalue weighted by Gasteiger charge is -2.05. The molecule has 0 radical (unpaired) electrons. The summed E-state index contributed by atoms with van der Waals surface area (Å²) >= 11 is 0. The Morgan fingerprint density at radius 3 is 2.42 bits per heavy atom. The predicted octanol–water partition coefficient (Wildman–Crippen LogP) is 1.85. The van der Waals surface area contributed by atoms with Crippen LogP contribution in [0, 0.1) is 12.7 Å². The monoisotopic (exact) mass is 260 g/mol. The second kappa shape index (κ2) is 4.93.